The molecule has 0 spiro atoms. The summed E-state index contributed by atoms with van der Waals surface area (Å²) in [6.07, 6.45) is 0. The van der Waals surface area contributed by atoms with Gasteiger partial charge in [-0.3, -0.25) is 4.90 Å². The lowest BCUT2D eigenvalue weighted by molar-refractivity contribution is 0.0858. The highest BCUT2D eigenvalue weighted by Gasteiger charge is 2.30. The monoisotopic (exact) mass is 261 g/mol. The third-order valence-electron chi connectivity index (χ3n) is 4.33. The summed E-state index contributed by atoms with van der Waals surface area (Å²) in [7, 11) is 2.17. The fourth-order valence-electron chi connectivity index (χ4n) is 3.18. The van der Waals surface area contributed by atoms with Gasteiger partial charge in [0.05, 0.1) is 6.61 Å². The van der Waals surface area contributed by atoms with Crippen LogP contribution in [0, 0.1) is 0 Å². The highest BCUT2D eigenvalue weighted by atomic mass is 16.5. The maximum absolute atomic E-state index is 5.93. The minimum atomic E-state index is 0.478. The number of piperazine rings is 1. The lowest BCUT2D eigenvalue weighted by Crippen LogP contribution is -2.55. The molecule has 1 aromatic rings. The number of ether oxygens (including phenoxy) is 1. The van der Waals surface area contributed by atoms with Crippen molar-refractivity contribution >= 4 is 0 Å². The standard InChI is InChI=1S/C15H23N3O/c1-17-6-7-18(13(8-16)10-17)9-12-11-19-15-5-3-2-4-14(12)15/h2-5,12-13H,6-11,16H2,1H3. The number of rotatable bonds is 3. The van der Waals surface area contributed by atoms with Crippen molar-refractivity contribution in [3.05, 3.63) is 29.8 Å². The van der Waals surface area contributed by atoms with Crippen molar-refractivity contribution in [2.24, 2.45) is 5.73 Å². The van der Waals surface area contributed by atoms with Gasteiger partial charge in [0.1, 0.15) is 5.75 Å². The van der Waals surface area contributed by atoms with E-state index in [1.165, 1.54) is 5.56 Å². The van der Waals surface area contributed by atoms with Gasteiger partial charge in [-0.05, 0) is 13.1 Å². The van der Waals surface area contributed by atoms with Gasteiger partial charge in [-0.1, -0.05) is 18.2 Å². The summed E-state index contributed by atoms with van der Waals surface area (Å²) in [6.45, 7) is 5.92. The summed E-state index contributed by atoms with van der Waals surface area (Å²) < 4.78 is 5.77. The van der Waals surface area contributed by atoms with Gasteiger partial charge in [0.25, 0.3) is 0 Å². The van der Waals surface area contributed by atoms with Crippen molar-refractivity contribution in [1.29, 1.82) is 0 Å². The molecule has 2 heterocycles. The van der Waals surface area contributed by atoms with Crippen molar-refractivity contribution in [3.63, 3.8) is 0 Å². The van der Waals surface area contributed by atoms with E-state index in [1.54, 1.807) is 0 Å². The Morgan fingerprint density at radius 1 is 1.32 bits per heavy atom. The van der Waals surface area contributed by atoms with Crippen LogP contribution in [0.5, 0.6) is 5.75 Å². The van der Waals surface area contributed by atoms with Gasteiger partial charge < -0.3 is 15.4 Å². The molecule has 1 aromatic carbocycles. The first-order valence-corrected chi connectivity index (χ1v) is 7.12. The topological polar surface area (TPSA) is 41.7 Å². The van der Waals surface area contributed by atoms with Crippen molar-refractivity contribution in [3.8, 4) is 5.75 Å². The van der Waals surface area contributed by atoms with Crippen LogP contribution < -0.4 is 10.5 Å². The molecule has 19 heavy (non-hydrogen) atoms. The van der Waals surface area contributed by atoms with Crippen LogP contribution in [0.15, 0.2) is 24.3 Å². The first-order valence-electron chi connectivity index (χ1n) is 7.12. The van der Waals surface area contributed by atoms with E-state index in [0.29, 0.717) is 12.0 Å². The molecule has 4 nitrogen and oxygen atoms in total. The zero-order valence-electron chi connectivity index (χ0n) is 11.6. The van der Waals surface area contributed by atoms with E-state index in [1.807, 2.05) is 6.07 Å². The summed E-state index contributed by atoms with van der Waals surface area (Å²) in [5.41, 5.74) is 7.28. The number of hydrogen-bond donors (Lipinski definition) is 1. The summed E-state index contributed by atoms with van der Waals surface area (Å²) in [6, 6.07) is 8.89. The molecule has 0 saturated carbocycles. The highest BCUT2D eigenvalue weighted by Crippen LogP contribution is 2.34. The van der Waals surface area contributed by atoms with Gasteiger partial charge in [-0.15, -0.1) is 0 Å². The van der Waals surface area contributed by atoms with Crippen LogP contribution >= 0.6 is 0 Å². The van der Waals surface area contributed by atoms with Gasteiger partial charge >= 0.3 is 0 Å². The Kier molecular flexibility index (Phi) is 3.73. The highest BCUT2D eigenvalue weighted by molar-refractivity contribution is 5.39. The Hall–Kier alpha value is -1.10. The summed E-state index contributed by atoms with van der Waals surface area (Å²) in [5.74, 6) is 1.56. The van der Waals surface area contributed by atoms with Crippen LogP contribution in [0.1, 0.15) is 11.5 Å². The van der Waals surface area contributed by atoms with Crippen LogP contribution in [0.25, 0.3) is 0 Å². The first-order chi connectivity index (χ1) is 9.28. The summed E-state index contributed by atoms with van der Waals surface area (Å²) in [4.78, 5) is 4.91. The smallest absolute Gasteiger partial charge is 0.122 e. The van der Waals surface area contributed by atoms with Crippen molar-refractivity contribution < 1.29 is 4.74 Å². The maximum Gasteiger partial charge on any atom is 0.122 e. The predicted octanol–water partition coefficient (Wildman–Crippen LogP) is 0.737. The second kappa shape index (κ2) is 5.49. The molecular formula is C15H23N3O. The minimum absolute atomic E-state index is 0.478. The summed E-state index contributed by atoms with van der Waals surface area (Å²) in [5, 5.41) is 0. The van der Waals surface area contributed by atoms with E-state index >= 15 is 0 Å². The number of hydrogen-bond acceptors (Lipinski definition) is 4. The zero-order chi connectivity index (χ0) is 13.2. The SMILES string of the molecule is CN1CCN(CC2COc3ccccc32)C(CN)C1. The Labute approximate surface area is 115 Å². The molecule has 2 aliphatic rings. The Bertz CT molecular complexity index is 437. The molecule has 0 radical (unpaired) electrons. The number of nitrogens with two attached hydrogens (primary N) is 1. The van der Waals surface area contributed by atoms with E-state index in [0.717, 1.165) is 45.1 Å². The fourth-order valence-corrected chi connectivity index (χ4v) is 3.18. The molecule has 2 N–H and O–H groups in total. The fraction of sp³-hybridized carbons (Fsp3) is 0.600. The molecule has 3 rings (SSSR count). The van der Waals surface area contributed by atoms with Crippen LogP contribution in [0.4, 0.5) is 0 Å². The van der Waals surface area contributed by atoms with Gasteiger partial charge in [0, 0.05) is 50.2 Å². The second-order valence-corrected chi connectivity index (χ2v) is 5.69. The van der Waals surface area contributed by atoms with E-state index < -0.39 is 0 Å². The number of likely N-dealkylation sites (N-methyl/N-ethyl adjacent to an activating group) is 1. The quantitative estimate of drug-likeness (QED) is 0.871. The lowest BCUT2D eigenvalue weighted by atomic mass is 9.99. The van der Waals surface area contributed by atoms with Crippen LogP contribution in [0.2, 0.25) is 0 Å². The molecule has 104 valence electrons. The third kappa shape index (κ3) is 2.61. The van der Waals surface area contributed by atoms with Crippen LogP contribution in [-0.2, 0) is 0 Å². The first kappa shape index (κ1) is 12.9. The van der Waals surface area contributed by atoms with Gasteiger partial charge in [-0.2, -0.15) is 0 Å². The Morgan fingerprint density at radius 2 is 2.16 bits per heavy atom. The molecule has 0 amide bonds. The number of fused-ring (bicyclic) bond motifs is 1. The number of nitrogens with zero attached hydrogens (tertiary/aromatic N) is 2. The molecule has 1 saturated heterocycles. The molecule has 4 heteroatoms. The van der Waals surface area contributed by atoms with Gasteiger partial charge in [-0.25, -0.2) is 0 Å². The van der Waals surface area contributed by atoms with E-state index in [2.05, 4.69) is 35.0 Å². The van der Waals surface area contributed by atoms with Gasteiger partial charge in [0.2, 0.25) is 0 Å². The summed E-state index contributed by atoms with van der Waals surface area (Å²) >= 11 is 0. The van der Waals surface area contributed by atoms with Crippen molar-refractivity contribution in [2.75, 3.05) is 46.4 Å². The van der Waals surface area contributed by atoms with E-state index in [4.69, 9.17) is 10.5 Å². The molecule has 0 aliphatic carbocycles. The largest absolute Gasteiger partial charge is 0.493 e. The number of para-hydroxylation sites is 1. The average Bonchev–Trinajstić information content (AvgIpc) is 2.84. The third-order valence-corrected chi connectivity index (χ3v) is 4.33. The molecular weight excluding hydrogens is 238 g/mol. The molecule has 0 aromatic heterocycles. The second-order valence-electron chi connectivity index (χ2n) is 5.69. The minimum Gasteiger partial charge on any atom is -0.493 e. The predicted molar refractivity (Wildman–Crippen MR) is 76.6 cm³/mol. The lowest BCUT2D eigenvalue weighted by Gasteiger charge is -2.40. The van der Waals surface area contributed by atoms with Crippen LogP contribution in [-0.4, -0.2) is 62.2 Å². The van der Waals surface area contributed by atoms with Crippen LogP contribution in [0.3, 0.4) is 0 Å². The number of benzene rings is 1. The normalized spacial score (nSPS) is 28.1. The van der Waals surface area contributed by atoms with Gasteiger partial charge in [0.15, 0.2) is 0 Å². The molecule has 0 bridgehead atoms. The molecule has 1 fully saturated rings. The molecule has 2 unspecified atom stereocenters. The maximum atomic E-state index is 5.93. The van der Waals surface area contributed by atoms with E-state index in [9.17, 15) is 0 Å². The van der Waals surface area contributed by atoms with E-state index in [-0.39, 0.29) is 0 Å². The molecule has 2 atom stereocenters. The van der Waals surface area contributed by atoms with Crippen molar-refractivity contribution in [1.82, 2.24) is 9.80 Å². The Balaban J connectivity index is 1.69. The van der Waals surface area contributed by atoms with Crippen molar-refractivity contribution in [2.45, 2.75) is 12.0 Å². The average molecular weight is 261 g/mol. The Morgan fingerprint density at radius 3 is 3.00 bits per heavy atom. The zero-order valence-corrected chi connectivity index (χ0v) is 11.6. The molecule has 2 aliphatic heterocycles.